The van der Waals surface area contributed by atoms with Gasteiger partial charge in [-0.25, -0.2) is 13.9 Å². The van der Waals surface area contributed by atoms with Crippen molar-refractivity contribution in [3.63, 3.8) is 0 Å². The lowest BCUT2D eigenvalue weighted by molar-refractivity contribution is -0.114. The Kier molecular flexibility index (Phi) is 5.82. The Bertz CT molecular complexity index is 1070. The molecule has 1 amide bonds. The number of amides is 1. The number of halogens is 1. The minimum absolute atomic E-state index is 0.226. The van der Waals surface area contributed by atoms with Gasteiger partial charge in [0.15, 0.2) is 6.61 Å². The van der Waals surface area contributed by atoms with Crippen LogP contribution in [0.1, 0.15) is 33.3 Å². The molecule has 8 heteroatoms. The van der Waals surface area contributed by atoms with E-state index in [1.807, 2.05) is 13.0 Å². The van der Waals surface area contributed by atoms with Gasteiger partial charge in [0, 0.05) is 24.5 Å². The minimum Gasteiger partial charge on any atom is -0.454 e. The number of nitrogens with one attached hydrogen (secondary N) is 1. The second-order valence-electron chi connectivity index (χ2n) is 6.31. The Labute approximate surface area is 166 Å². The van der Waals surface area contributed by atoms with E-state index in [-0.39, 0.29) is 22.7 Å². The number of hydrogen-bond donors (Lipinski definition) is 1. The van der Waals surface area contributed by atoms with E-state index in [4.69, 9.17) is 4.74 Å². The van der Waals surface area contributed by atoms with Crippen molar-refractivity contribution >= 4 is 23.3 Å². The molecule has 0 unspecified atom stereocenters. The number of hydrogen-bond acceptors (Lipinski definition) is 5. The van der Waals surface area contributed by atoms with E-state index in [1.165, 1.54) is 19.1 Å². The first kappa shape index (κ1) is 19.9. The molecule has 0 atom stereocenters. The molecule has 0 saturated heterocycles. The van der Waals surface area contributed by atoms with Gasteiger partial charge in [0.1, 0.15) is 5.82 Å². The second kappa shape index (κ2) is 8.47. The first-order chi connectivity index (χ1) is 13.8. The zero-order valence-corrected chi connectivity index (χ0v) is 15.8. The molecule has 29 heavy (non-hydrogen) atoms. The molecule has 0 bridgehead atoms. The molecule has 0 radical (unpaired) electrons. The van der Waals surface area contributed by atoms with Crippen molar-refractivity contribution in [2.75, 3.05) is 11.9 Å². The van der Waals surface area contributed by atoms with Crippen molar-refractivity contribution < 1.29 is 23.5 Å². The summed E-state index contributed by atoms with van der Waals surface area (Å²) in [6.45, 7) is 2.59. The van der Waals surface area contributed by atoms with Gasteiger partial charge in [0.2, 0.25) is 11.7 Å². The zero-order chi connectivity index (χ0) is 21.0. The summed E-state index contributed by atoms with van der Waals surface area (Å²) in [5.41, 5.74) is 1.99. The molecular weight excluding hydrogens is 377 g/mol. The number of nitrogens with zero attached hydrogens (tertiary/aromatic N) is 2. The highest BCUT2D eigenvalue weighted by atomic mass is 19.1. The van der Waals surface area contributed by atoms with Gasteiger partial charge in [-0.1, -0.05) is 0 Å². The summed E-state index contributed by atoms with van der Waals surface area (Å²) in [4.78, 5) is 35.3. The van der Waals surface area contributed by atoms with Crippen LogP contribution in [-0.2, 0) is 9.53 Å². The molecule has 0 saturated carbocycles. The van der Waals surface area contributed by atoms with Crippen molar-refractivity contribution in [1.82, 2.24) is 9.78 Å². The third-order valence-corrected chi connectivity index (χ3v) is 4.10. The molecule has 2 aromatic carbocycles. The number of Topliss-reactive ketones (excluding diaryl/α,β-unsaturated/α-hetero) is 1. The van der Waals surface area contributed by atoms with Crippen LogP contribution in [0.2, 0.25) is 0 Å². The van der Waals surface area contributed by atoms with Gasteiger partial charge >= 0.3 is 5.97 Å². The Hall–Kier alpha value is -3.81. The molecule has 0 aliphatic rings. The van der Waals surface area contributed by atoms with Gasteiger partial charge in [-0.05, 0) is 55.5 Å². The smallest absolute Gasteiger partial charge is 0.338 e. The van der Waals surface area contributed by atoms with Crippen LogP contribution in [0.15, 0.2) is 54.7 Å². The maximum absolute atomic E-state index is 14.1. The fraction of sp³-hybridized carbons (Fsp3) is 0.143. The van der Waals surface area contributed by atoms with E-state index in [0.717, 1.165) is 17.4 Å². The van der Waals surface area contributed by atoms with Crippen LogP contribution in [0.25, 0.3) is 5.69 Å². The topological polar surface area (TPSA) is 90.3 Å². The molecule has 7 nitrogen and oxygen atoms in total. The van der Waals surface area contributed by atoms with Crippen molar-refractivity contribution in [2.24, 2.45) is 0 Å². The van der Waals surface area contributed by atoms with Crippen LogP contribution < -0.4 is 5.32 Å². The SMILES string of the molecule is CC(=O)Nc1ccc(C(=O)COC(=O)c2ccc(-n3nccc3C)cc2)c(F)c1. The number of benzene rings is 2. The summed E-state index contributed by atoms with van der Waals surface area (Å²) in [6.07, 6.45) is 1.67. The van der Waals surface area contributed by atoms with Crippen LogP contribution in [0.5, 0.6) is 0 Å². The summed E-state index contributed by atoms with van der Waals surface area (Å²) < 4.78 is 20.8. The summed E-state index contributed by atoms with van der Waals surface area (Å²) in [5.74, 6) is -2.55. The number of ketones is 1. The van der Waals surface area contributed by atoms with E-state index in [1.54, 1.807) is 35.1 Å². The Morgan fingerprint density at radius 1 is 1.10 bits per heavy atom. The van der Waals surface area contributed by atoms with E-state index in [2.05, 4.69) is 10.4 Å². The summed E-state index contributed by atoms with van der Waals surface area (Å²) in [6, 6.07) is 12.1. The van der Waals surface area contributed by atoms with Crippen LogP contribution in [0.4, 0.5) is 10.1 Å². The Morgan fingerprint density at radius 2 is 1.83 bits per heavy atom. The van der Waals surface area contributed by atoms with E-state index < -0.39 is 24.2 Å². The fourth-order valence-electron chi connectivity index (χ4n) is 2.69. The first-order valence-corrected chi connectivity index (χ1v) is 8.73. The average Bonchev–Trinajstić information content (AvgIpc) is 3.11. The van der Waals surface area contributed by atoms with Crippen LogP contribution in [0.3, 0.4) is 0 Å². The van der Waals surface area contributed by atoms with E-state index >= 15 is 0 Å². The van der Waals surface area contributed by atoms with Crippen molar-refractivity contribution in [3.8, 4) is 5.69 Å². The Balaban J connectivity index is 1.62. The molecule has 3 rings (SSSR count). The lowest BCUT2D eigenvalue weighted by atomic mass is 10.1. The minimum atomic E-state index is -0.809. The highest BCUT2D eigenvalue weighted by Gasteiger charge is 2.16. The molecular formula is C21H18FN3O4. The highest BCUT2D eigenvalue weighted by molar-refractivity contribution is 6.00. The molecule has 0 fully saturated rings. The number of aryl methyl sites for hydroxylation is 1. The van der Waals surface area contributed by atoms with Crippen LogP contribution >= 0.6 is 0 Å². The standard InChI is InChI=1S/C21H18FN3O4/c1-13-9-10-23-25(13)17-6-3-15(4-7-17)21(28)29-12-20(27)18-8-5-16(11-19(18)22)24-14(2)26/h3-11H,12H2,1-2H3,(H,24,26). The molecule has 0 aliphatic carbocycles. The first-order valence-electron chi connectivity index (χ1n) is 8.73. The number of carbonyl (C=O) groups excluding carboxylic acids is 3. The maximum atomic E-state index is 14.1. The molecule has 1 heterocycles. The van der Waals surface area contributed by atoms with E-state index in [9.17, 15) is 18.8 Å². The van der Waals surface area contributed by atoms with Crippen molar-refractivity contribution in [2.45, 2.75) is 13.8 Å². The number of anilines is 1. The van der Waals surface area contributed by atoms with E-state index in [0.29, 0.717) is 0 Å². The van der Waals surface area contributed by atoms with Gasteiger partial charge < -0.3 is 10.1 Å². The largest absolute Gasteiger partial charge is 0.454 e. The van der Waals surface area contributed by atoms with Gasteiger partial charge in [-0.15, -0.1) is 0 Å². The second-order valence-corrected chi connectivity index (χ2v) is 6.31. The molecule has 1 aromatic heterocycles. The van der Waals surface area contributed by atoms with Gasteiger partial charge in [0.05, 0.1) is 16.8 Å². The molecule has 148 valence electrons. The predicted octanol–water partition coefficient (Wildman–Crippen LogP) is 3.32. The average molecular weight is 395 g/mol. The number of rotatable bonds is 6. The molecule has 3 aromatic rings. The Morgan fingerprint density at radius 3 is 2.41 bits per heavy atom. The quantitative estimate of drug-likeness (QED) is 0.511. The fourth-order valence-corrected chi connectivity index (χ4v) is 2.69. The predicted molar refractivity (Wildman–Crippen MR) is 104 cm³/mol. The molecule has 1 N–H and O–H groups in total. The lowest BCUT2D eigenvalue weighted by Gasteiger charge is -2.08. The van der Waals surface area contributed by atoms with Crippen molar-refractivity contribution in [3.05, 3.63) is 77.4 Å². The van der Waals surface area contributed by atoms with Gasteiger partial charge in [-0.3, -0.25) is 9.59 Å². The molecule has 0 spiro atoms. The third kappa shape index (κ3) is 4.73. The lowest BCUT2D eigenvalue weighted by Crippen LogP contribution is -2.16. The van der Waals surface area contributed by atoms with Crippen molar-refractivity contribution in [1.29, 1.82) is 0 Å². The van der Waals surface area contributed by atoms with Gasteiger partial charge in [-0.2, -0.15) is 5.10 Å². The maximum Gasteiger partial charge on any atom is 0.338 e. The monoisotopic (exact) mass is 395 g/mol. The highest BCUT2D eigenvalue weighted by Crippen LogP contribution is 2.16. The zero-order valence-electron chi connectivity index (χ0n) is 15.8. The number of ether oxygens (including phenoxy) is 1. The van der Waals surface area contributed by atoms with Crippen LogP contribution in [-0.4, -0.2) is 34.0 Å². The number of aromatic nitrogens is 2. The summed E-state index contributed by atoms with van der Waals surface area (Å²) >= 11 is 0. The van der Waals surface area contributed by atoms with Gasteiger partial charge in [0.25, 0.3) is 0 Å². The number of esters is 1. The molecule has 0 aliphatic heterocycles. The summed E-state index contributed by atoms with van der Waals surface area (Å²) in [5, 5.41) is 6.60. The van der Waals surface area contributed by atoms with Crippen LogP contribution in [0, 0.1) is 12.7 Å². The normalized spacial score (nSPS) is 10.4. The number of carbonyl (C=O) groups is 3. The third-order valence-electron chi connectivity index (χ3n) is 4.10. The summed E-state index contributed by atoms with van der Waals surface area (Å²) in [7, 11) is 0.